The molecule has 0 saturated carbocycles. The van der Waals surface area contributed by atoms with E-state index in [0.29, 0.717) is 11.3 Å². The third-order valence-corrected chi connectivity index (χ3v) is 2.93. The normalized spacial score (nSPS) is 12.7. The largest absolute Gasteiger partial charge is 0.467 e. The molecule has 2 heterocycles. The first-order chi connectivity index (χ1) is 9.04. The minimum absolute atomic E-state index is 0.0671. The van der Waals surface area contributed by atoms with E-state index in [-0.39, 0.29) is 11.9 Å². The summed E-state index contributed by atoms with van der Waals surface area (Å²) >= 11 is 0. The van der Waals surface area contributed by atoms with E-state index in [0.717, 1.165) is 11.2 Å². The number of rotatable bonds is 4. The first-order valence-electron chi connectivity index (χ1n) is 6.04. The fraction of sp³-hybridized carbons (Fsp3) is 0.500. The van der Waals surface area contributed by atoms with Gasteiger partial charge in [-0.05, 0) is 12.8 Å². The van der Waals surface area contributed by atoms with Gasteiger partial charge in [-0.3, -0.25) is 5.10 Å². The smallest absolute Gasteiger partial charge is 0.328 e. The number of hydrogen-bond donors (Lipinski definition) is 2. The van der Waals surface area contributed by atoms with Gasteiger partial charge >= 0.3 is 5.97 Å². The standard InChI is InChI=1S/C12H17N5O2/c1-6(2)8(12(18)19-4)15-11-10-9(13-5-14-11)7(3)16-17-10/h5-6,8H,1-4H3,(H,16,17)(H,13,14,15). The Morgan fingerprint density at radius 1 is 1.37 bits per heavy atom. The average molecular weight is 263 g/mol. The Morgan fingerprint density at radius 3 is 2.74 bits per heavy atom. The summed E-state index contributed by atoms with van der Waals surface area (Å²) in [6.07, 6.45) is 1.45. The van der Waals surface area contributed by atoms with E-state index in [1.807, 2.05) is 20.8 Å². The van der Waals surface area contributed by atoms with E-state index in [2.05, 4.69) is 25.5 Å². The summed E-state index contributed by atoms with van der Waals surface area (Å²) in [5.41, 5.74) is 2.22. The summed E-state index contributed by atoms with van der Waals surface area (Å²) in [4.78, 5) is 20.0. The Kier molecular flexibility index (Phi) is 3.64. The molecule has 2 aromatic heterocycles. The number of hydrogen-bond acceptors (Lipinski definition) is 6. The van der Waals surface area contributed by atoms with E-state index in [9.17, 15) is 4.79 Å². The van der Waals surface area contributed by atoms with Gasteiger partial charge in [0.15, 0.2) is 11.3 Å². The summed E-state index contributed by atoms with van der Waals surface area (Å²) in [5.74, 6) is 0.268. The molecule has 0 aliphatic carbocycles. The molecule has 7 nitrogen and oxygen atoms in total. The molecule has 102 valence electrons. The van der Waals surface area contributed by atoms with Crippen molar-refractivity contribution in [2.75, 3.05) is 12.4 Å². The summed E-state index contributed by atoms with van der Waals surface area (Å²) < 4.78 is 4.79. The average Bonchev–Trinajstić information content (AvgIpc) is 2.77. The highest BCUT2D eigenvalue weighted by molar-refractivity contribution is 5.89. The first-order valence-corrected chi connectivity index (χ1v) is 6.04. The number of H-pyrrole nitrogens is 1. The number of aromatic amines is 1. The Bertz CT molecular complexity index is 593. The summed E-state index contributed by atoms with van der Waals surface area (Å²) in [6.45, 7) is 5.75. The van der Waals surface area contributed by atoms with Crippen molar-refractivity contribution < 1.29 is 9.53 Å². The lowest BCUT2D eigenvalue weighted by Crippen LogP contribution is -2.35. The predicted octanol–water partition coefficient (Wildman–Crippen LogP) is 1.27. The Morgan fingerprint density at radius 2 is 2.11 bits per heavy atom. The van der Waals surface area contributed by atoms with Crippen LogP contribution in [0.2, 0.25) is 0 Å². The molecule has 1 atom stereocenters. The lowest BCUT2D eigenvalue weighted by Gasteiger charge is -2.20. The molecule has 0 radical (unpaired) electrons. The van der Waals surface area contributed by atoms with E-state index in [4.69, 9.17) is 4.74 Å². The van der Waals surface area contributed by atoms with Crippen LogP contribution in [-0.2, 0) is 9.53 Å². The maximum Gasteiger partial charge on any atom is 0.328 e. The molecule has 0 aromatic carbocycles. The number of nitrogens with one attached hydrogen (secondary N) is 2. The monoisotopic (exact) mass is 263 g/mol. The van der Waals surface area contributed by atoms with Crippen molar-refractivity contribution in [3.63, 3.8) is 0 Å². The van der Waals surface area contributed by atoms with Gasteiger partial charge in [-0.15, -0.1) is 0 Å². The fourth-order valence-electron chi connectivity index (χ4n) is 1.83. The zero-order valence-electron chi connectivity index (χ0n) is 11.4. The zero-order chi connectivity index (χ0) is 14.0. The van der Waals surface area contributed by atoms with Crippen molar-refractivity contribution in [3.05, 3.63) is 12.0 Å². The van der Waals surface area contributed by atoms with Crippen molar-refractivity contribution >= 4 is 22.8 Å². The number of anilines is 1. The molecule has 0 spiro atoms. The van der Waals surface area contributed by atoms with E-state index in [1.165, 1.54) is 13.4 Å². The van der Waals surface area contributed by atoms with Crippen LogP contribution in [0.4, 0.5) is 5.82 Å². The van der Waals surface area contributed by atoms with Crippen molar-refractivity contribution in [1.82, 2.24) is 20.2 Å². The second-order valence-corrected chi connectivity index (χ2v) is 4.66. The summed E-state index contributed by atoms with van der Waals surface area (Å²) in [6, 6.07) is -0.472. The number of aryl methyl sites for hydroxylation is 1. The van der Waals surface area contributed by atoms with Gasteiger partial charge in [-0.25, -0.2) is 14.8 Å². The van der Waals surface area contributed by atoms with Crippen LogP contribution in [0.1, 0.15) is 19.5 Å². The molecule has 0 aliphatic heterocycles. The highest BCUT2D eigenvalue weighted by atomic mass is 16.5. The predicted molar refractivity (Wildman–Crippen MR) is 70.7 cm³/mol. The molecule has 7 heteroatoms. The van der Waals surface area contributed by atoms with Crippen molar-refractivity contribution in [2.24, 2.45) is 5.92 Å². The third-order valence-electron chi connectivity index (χ3n) is 2.93. The van der Waals surface area contributed by atoms with Crippen LogP contribution in [0.25, 0.3) is 11.0 Å². The van der Waals surface area contributed by atoms with Crippen LogP contribution in [0.5, 0.6) is 0 Å². The number of ether oxygens (including phenoxy) is 1. The number of aromatic nitrogens is 4. The molecule has 0 saturated heterocycles. The second kappa shape index (κ2) is 5.21. The highest BCUT2D eigenvalue weighted by Gasteiger charge is 2.24. The molecular weight excluding hydrogens is 246 g/mol. The van der Waals surface area contributed by atoms with Crippen LogP contribution in [0.15, 0.2) is 6.33 Å². The van der Waals surface area contributed by atoms with Crippen molar-refractivity contribution in [1.29, 1.82) is 0 Å². The molecule has 2 N–H and O–H groups in total. The van der Waals surface area contributed by atoms with Crippen LogP contribution >= 0.6 is 0 Å². The van der Waals surface area contributed by atoms with Gasteiger partial charge in [-0.1, -0.05) is 13.8 Å². The quantitative estimate of drug-likeness (QED) is 0.807. The van der Waals surface area contributed by atoms with Crippen LogP contribution in [-0.4, -0.2) is 39.3 Å². The minimum Gasteiger partial charge on any atom is -0.467 e. The van der Waals surface area contributed by atoms with Crippen molar-refractivity contribution in [2.45, 2.75) is 26.8 Å². The molecule has 1 unspecified atom stereocenters. The van der Waals surface area contributed by atoms with Crippen LogP contribution < -0.4 is 5.32 Å². The minimum atomic E-state index is -0.472. The van der Waals surface area contributed by atoms with Gasteiger partial charge in [0.2, 0.25) is 0 Å². The molecule has 0 fully saturated rings. The number of carbonyl (C=O) groups is 1. The van der Waals surface area contributed by atoms with Gasteiger partial charge in [0.05, 0.1) is 12.8 Å². The number of carbonyl (C=O) groups excluding carboxylic acids is 1. The van der Waals surface area contributed by atoms with Gasteiger partial charge in [-0.2, -0.15) is 5.10 Å². The maximum absolute atomic E-state index is 11.7. The van der Waals surface area contributed by atoms with Gasteiger partial charge < -0.3 is 10.1 Å². The molecule has 2 aromatic rings. The first kappa shape index (κ1) is 13.3. The van der Waals surface area contributed by atoms with E-state index < -0.39 is 6.04 Å². The number of methoxy groups -OCH3 is 1. The van der Waals surface area contributed by atoms with Gasteiger partial charge in [0, 0.05) is 0 Å². The second-order valence-electron chi connectivity index (χ2n) is 4.66. The SMILES string of the molecule is COC(=O)C(Nc1ncnc2c(C)[nH]nc12)C(C)C. The summed E-state index contributed by atoms with van der Waals surface area (Å²) in [7, 11) is 1.37. The van der Waals surface area contributed by atoms with Gasteiger partial charge in [0.25, 0.3) is 0 Å². The lowest BCUT2D eigenvalue weighted by atomic mass is 10.0. The van der Waals surface area contributed by atoms with Crippen LogP contribution in [0.3, 0.4) is 0 Å². The Hall–Kier alpha value is -2.18. The van der Waals surface area contributed by atoms with E-state index >= 15 is 0 Å². The molecule has 0 amide bonds. The molecule has 0 bridgehead atoms. The lowest BCUT2D eigenvalue weighted by molar-refractivity contribution is -0.142. The third kappa shape index (κ3) is 2.49. The topological polar surface area (TPSA) is 92.8 Å². The zero-order valence-corrected chi connectivity index (χ0v) is 11.4. The van der Waals surface area contributed by atoms with E-state index in [1.54, 1.807) is 0 Å². The highest BCUT2D eigenvalue weighted by Crippen LogP contribution is 2.20. The summed E-state index contributed by atoms with van der Waals surface area (Å²) in [5, 5.41) is 10.1. The number of fused-ring (bicyclic) bond motifs is 1. The maximum atomic E-state index is 11.7. The van der Waals surface area contributed by atoms with Gasteiger partial charge in [0.1, 0.15) is 17.9 Å². The van der Waals surface area contributed by atoms with Crippen molar-refractivity contribution in [3.8, 4) is 0 Å². The molecule has 0 aliphatic rings. The molecule has 2 rings (SSSR count). The molecular formula is C12H17N5O2. The fourth-order valence-corrected chi connectivity index (χ4v) is 1.83. The van der Waals surface area contributed by atoms with Crippen LogP contribution in [0, 0.1) is 12.8 Å². The molecule has 19 heavy (non-hydrogen) atoms. The Balaban J connectivity index is 2.36. The number of esters is 1. The number of nitrogens with zero attached hydrogens (tertiary/aromatic N) is 3. The Labute approximate surface area is 110 Å².